The van der Waals surface area contributed by atoms with Crippen LogP contribution >= 0.6 is 15.9 Å². The van der Waals surface area contributed by atoms with Gasteiger partial charge in [-0.1, -0.05) is 15.9 Å². The Balaban J connectivity index is 1.69. The number of benzene rings is 2. The van der Waals surface area contributed by atoms with Gasteiger partial charge in [0.2, 0.25) is 12.7 Å². The highest BCUT2D eigenvalue weighted by Crippen LogP contribution is 2.37. The number of Topliss-reactive ketones (excluding diaryl/α,β-unsaturated/α-hetero) is 1. The number of amides is 1. The second-order valence-electron chi connectivity index (χ2n) is 5.22. The zero-order valence-electron chi connectivity index (χ0n) is 12.9. The highest BCUT2D eigenvalue weighted by Gasteiger charge is 2.20. The van der Waals surface area contributed by atoms with Crippen LogP contribution in [0.3, 0.4) is 0 Å². The standard InChI is InChI=1S/C17H15BrN2O4/c1-10(21)13-6-15-16(24-9-23-15)7-14(13)20-17(22)8-19-12-4-2-11(18)3-5-12/h2-7,19H,8-9H2,1H3,(H,20,22). The summed E-state index contributed by atoms with van der Waals surface area (Å²) >= 11 is 3.35. The van der Waals surface area contributed by atoms with E-state index in [-0.39, 0.29) is 25.0 Å². The number of anilines is 2. The lowest BCUT2D eigenvalue weighted by Gasteiger charge is -2.11. The first-order chi connectivity index (χ1) is 11.5. The van der Waals surface area contributed by atoms with Crippen LogP contribution in [0.15, 0.2) is 40.9 Å². The van der Waals surface area contributed by atoms with Crippen molar-refractivity contribution in [3.05, 3.63) is 46.4 Å². The fraction of sp³-hybridized carbons (Fsp3) is 0.176. The Morgan fingerprint density at radius 2 is 1.79 bits per heavy atom. The number of ketones is 1. The zero-order chi connectivity index (χ0) is 17.1. The van der Waals surface area contributed by atoms with Crippen LogP contribution in [0.4, 0.5) is 11.4 Å². The highest BCUT2D eigenvalue weighted by molar-refractivity contribution is 9.10. The molecule has 2 aromatic rings. The molecule has 0 aliphatic carbocycles. The van der Waals surface area contributed by atoms with Crippen LogP contribution in [-0.4, -0.2) is 25.0 Å². The van der Waals surface area contributed by atoms with Gasteiger partial charge in [0, 0.05) is 21.8 Å². The van der Waals surface area contributed by atoms with Crippen LogP contribution in [0.25, 0.3) is 0 Å². The number of rotatable bonds is 5. The lowest BCUT2D eigenvalue weighted by molar-refractivity contribution is -0.114. The molecule has 0 fully saturated rings. The summed E-state index contributed by atoms with van der Waals surface area (Å²) in [5.74, 6) is 0.589. The summed E-state index contributed by atoms with van der Waals surface area (Å²) in [6.07, 6.45) is 0. The number of ether oxygens (including phenoxy) is 2. The number of halogens is 1. The minimum absolute atomic E-state index is 0.0768. The van der Waals surface area contributed by atoms with Crippen molar-refractivity contribution >= 4 is 39.0 Å². The van der Waals surface area contributed by atoms with E-state index in [2.05, 4.69) is 26.6 Å². The first-order valence-corrected chi connectivity index (χ1v) is 8.06. The summed E-state index contributed by atoms with van der Waals surface area (Å²) in [5.41, 5.74) is 1.62. The normalized spacial score (nSPS) is 11.9. The van der Waals surface area contributed by atoms with Crippen molar-refractivity contribution in [2.45, 2.75) is 6.92 Å². The fourth-order valence-electron chi connectivity index (χ4n) is 2.28. The molecule has 24 heavy (non-hydrogen) atoms. The third-order valence-electron chi connectivity index (χ3n) is 3.46. The van der Waals surface area contributed by atoms with Gasteiger partial charge in [0.05, 0.1) is 12.2 Å². The molecule has 0 atom stereocenters. The van der Waals surface area contributed by atoms with Crippen LogP contribution in [0.5, 0.6) is 11.5 Å². The van der Waals surface area contributed by atoms with Crippen molar-refractivity contribution in [3.63, 3.8) is 0 Å². The second kappa shape index (κ2) is 6.92. The summed E-state index contributed by atoms with van der Waals surface area (Å²) in [4.78, 5) is 24.0. The topological polar surface area (TPSA) is 76.7 Å². The lowest BCUT2D eigenvalue weighted by atomic mass is 10.1. The summed E-state index contributed by atoms with van der Waals surface area (Å²) in [5, 5.41) is 5.76. The van der Waals surface area contributed by atoms with Gasteiger partial charge in [0.25, 0.3) is 0 Å². The Labute approximate surface area is 147 Å². The minimum Gasteiger partial charge on any atom is -0.454 e. The fourth-order valence-corrected chi connectivity index (χ4v) is 2.55. The van der Waals surface area contributed by atoms with E-state index in [9.17, 15) is 9.59 Å². The van der Waals surface area contributed by atoms with Gasteiger partial charge in [-0.2, -0.15) is 0 Å². The van der Waals surface area contributed by atoms with E-state index in [0.717, 1.165) is 10.2 Å². The Bertz CT molecular complexity index is 790. The van der Waals surface area contributed by atoms with E-state index in [1.54, 1.807) is 12.1 Å². The average Bonchev–Trinajstić information content (AvgIpc) is 3.00. The molecule has 0 spiro atoms. The monoisotopic (exact) mass is 390 g/mol. The van der Waals surface area contributed by atoms with Crippen LogP contribution in [0, 0.1) is 0 Å². The van der Waals surface area contributed by atoms with Gasteiger partial charge < -0.3 is 20.1 Å². The van der Waals surface area contributed by atoms with E-state index in [1.165, 1.54) is 6.92 Å². The first kappa shape index (κ1) is 16.3. The molecule has 1 amide bonds. The largest absolute Gasteiger partial charge is 0.454 e. The van der Waals surface area contributed by atoms with Crippen molar-refractivity contribution in [2.75, 3.05) is 24.0 Å². The molecule has 124 valence electrons. The number of hydrogen-bond acceptors (Lipinski definition) is 5. The molecule has 2 N–H and O–H groups in total. The molecule has 1 heterocycles. The maximum atomic E-state index is 12.2. The molecule has 0 radical (unpaired) electrons. The van der Waals surface area contributed by atoms with Crippen LogP contribution in [-0.2, 0) is 4.79 Å². The molecule has 0 aromatic heterocycles. The van der Waals surface area contributed by atoms with Crippen molar-refractivity contribution in [1.82, 2.24) is 0 Å². The maximum Gasteiger partial charge on any atom is 0.243 e. The average molecular weight is 391 g/mol. The van der Waals surface area contributed by atoms with E-state index in [1.807, 2.05) is 24.3 Å². The van der Waals surface area contributed by atoms with Gasteiger partial charge in [0.1, 0.15) is 0 Å². The molecule has 2 aromatic carbocycles. The van der Waals surface area contributed by atoms with Crippen molar-refractivity contribution in [1.29, 1.82) is 0 Å². The lowest BCUT2D eigenvalue weighted by Crippen LogP contribution is -2.22. The summed E-state index contributed by atoms with van der Waals surface area (Å²) in [7, 11) is 0. The van der Waals surface area contributed by atoms with Gasteiger partial charge >= 0.3 is 0 Å². The molecule has 0 saturated heterocycles. The van der Waals surface area contributed by atoms with Crippen LogP contribution in [0.2, 0.25) is 0 Å². The Morgan fingerprint density at radius 1 is 1.12 bits per heavy atom. The third kappa shape index (κ3) is 3.68. The SMILES string of the molecule is CC(=O)c1cc2c(cc1NC(=O)CNc1ccc(Br)cc1)OCO2. The highest BCUT2D eigenvalue weighted by atomic mass is 79.9. The molecule has 7 heteroatoms. The molecule has 3 rings (SSSR count). The number of carbonyl (C=O) groups excluding carboxylic acids is 2. The first-order valence-electron chi connectivity index (χ1n) is 7.27. The second-order valence-corrected chi connectivity index (χ2v) is 6.13. The van der Waals surface area contributed by atoms with Crippen molar-refractivity contribution < 1.29 is 19.1 Å². The van der Waals surface area contributed by atoms with Crippen LogP contribution in [0.1, 0.15) is 17.3 Å². The molecule has 0 unspecified atom stereocenters. The molecular formula is C17H15BrN2O4. The molecular weight excluding hydrogens is 376 g/mol. The van der Waals surface area contributed by atoms with Crippen LogP contribution < -0.4 is 20.1 Å². The third-order valence-corrected chi connectivity index (χ3v) is 3.99. The predicted molar refractivity (Wildman–Crippen MR) is 93.8 cm³/mol. The van der Waals surface area contributed by atoms with E-state index in [0.29, 0.717) is 22.7 Å². The molecule has 0 bridgehead atoms. The van der Waals surface area contributed by atoms with E-state index < -0.39 is 0 Å². The summed E-state index contributed by atoms with van der Waals surface area (Å²) in [6, 6.07) is 10.7. The molecule has 6 nitrogen and oxygen atoms in total. The molecule has 0 saturated carbocycles. The maximum absolute atomic E-state index is 12.2. The molecule has 1 aliphatic heterocycles. The van der Waals surface area contributed by atoms with Gasteiger partial charge in [-0.05, 0) is 37.3 Å². The van der Waals surface area contributed by atoms with Gasteiger partial charge in [0.15, 0.2) is 17.3 Å². The van der Waals surface area contributed by atoms with Gasteiger partial charge in [-0.15, -0.1) is 0 Å². The van der Waals surface area contributed by atoms with Crippen molar-refractivity contribution in [2.24, 2.45) is 0 Å². The van der Waals surface area contributed by atoms with Gasteiger partial charge in [-0.25, -0.2) is 0 Å². The minimum atomic E-state index is -0.265. The summed E-state index contributed by atoms with van der Waals surface area (Å²) < 4.78 is 11.5. The smallest absolute Gasteiger partial charge is 0.243 e. The van der Waals surface area contributed by atoms with Crippen molar-refractivity contribution in [3.8, 4) is 11.5 Å². The number of nitrogens with one attached hydrogen (secondary N) is 2. The van der Waals surface area contributed by atoms with Gasteiger partial charge in [-0.3, -0.25) is 9.59 Å². The summed E-state index contributed by atoms with van der Waals surface area (Å²) in [6.45, 7) is 1.62. The quantitative estimate of drug-likeness (QED) is 0.764. The number of fused-ring (bicyclic) bond motifs is 1. The molecule has 1 aliphatic rings. The van der Waals surface area contributed by atoms with E-state index in [4.69, 9.17) is 9.47 Å². The Morgan fingerprint density at radius 3 is 2.46 bits per heavy atom. The Kier molecular flexibility index (Phi) is 4.71. The zero-order valence-corrected chi connectivity index (χ0v) is 14.5. The Hall–Kier alpha value is -2.54. The van der Waals surface area contributed by atoms with E-state index >= 15 is 0 Å². The predicted octanol–water partition coefficient (Wildman–Crippen LogP) is 3.43. The number of hydrogen-bond donors (Lipinski definition) is 2. The number of carbonyl (C=O) groups is 2.